The van der Waals surface area contributed by atoms with Crippen molar-refractivity contribution in [3.8, 4) is 0 Å². The molecule has 2 N–H and O–H groups in total. The van der Waals surface area contributed by atoms with Crippen molar-refractivity contribution < 1.29 is 4.79 Å². The van der Waals surface area contributed by atoms with Crippen molar-refractivity contribution in [1.82, 2.24) is 15.2 Å². The van der Waals surface area contributed by atoms with E-state index < -0.39 is 5.91 Å². The minimum Gasteiger partial charge on any atom is -0.296 e. The van der Waals surface area contributed by atoms with Crippen molar-refractivity contribution in [1.29, 1.82) is 0 Å². The highest BCUT2D eigenvalue weighted by Gasteiger charge is 2.15. The Labute approximate surface area is 117 Å². The molecule has 0 fully saturated rings. The summed E-state index contributed by atoms with van der Waals surface area (Å²) in [4.78, 5) is 28.0. The molecule has 0 atom stereocenters. The molecule has 0 bridgehead atoms. The molecule has 3 rings (SSSR count). The molecule has 0 aliphatic heterocycles. The molecule has 0 saturated heterocycles. The topological polar surface area (TPSA) is 87.7 Å². The molecule has 0 saturated carbocycles. The number of amides is 1. The fraction of sp³-hybridized carbons (Fsp3) is 0.0769. The molecule has 7 heteroatoms. The van der Waals surface area contributed by atoms with Crippen molar-refractivity contribution in [3.05, 3.63) is 51.4 Å². The molecule has 0 spiro atoms. The SMILES string of the molecule is Cc1csc(NC(=O)c2n[nH]c(=O)c3ccccc23)n1. The monoisotopic (exact) mass is 286 g/mol. The zero-order valence-electron chi connectivity index (χ0n) is 10.5. The fourth-order valence-electron chi connectivity index (χ4n) is 1.86. The smallest absolute Gasteiger partial charge is 0.278 e. The lowest BCUT2D eigenvalue weighted by molar-refractivity contribution is 0.102. The van der Waals surface area contributed by atoms with Crippen LogP contribution in [0.3, 0.4) is 0 Å². The van der Waals surface area contributed by atoms with E-state index in [0.717, 1.165) is 5.69 Å². The number of aromatic amines is 1. The Morgan fingerprint density at radius 1 is 1.30 bits per heavy atom. The number of nitrogens with zero attached hydrogens (tertiary/aromatic N) is 2. The van der Waals surface area contributed by atoms with Gasteiger partial charge in [-0.2, -0.15) is 5.10 Å². The lowest BCUT2D eigenvalue weighted by Crippen LogP contribution is -2.19. The second-order valence-corrected chi connectivity index (χ2v) is 5.05. The van der Waals surface area contributed by atoms with Crippen LogP contribution in [-0.4, -0.2) is 21.1 Å². The number of anilines is 1. The fourth-order valence-corrected chi connectivity index (χ4v) is 2.54. The summed E-state index contributed by atoms with van der Waals surface area (Å²) < 4.78 is 0. The number of rotatable bonds is 2. The largest absolute Gasteiger partial charge is 0.296 e. The number of hydrogen-bond acceptors (Lipinski definition) is 5. The Balaban J connectivity index is 2.04. The van der Waals surface area contributed by atoms with Crippen LogP contribution in [0.1, 0.15) is 16.2 Å². The molecular weight excluding hydrogens is 276 g/mol. The molecule has 2 heterocycles. The number of fused-ring (bicyclic) bond motifs is 1. The van der Waals surface area contributed by atoms with Gasteiger partial charge in [-0.1, -0.05) is 18.2 Å². The summed E-state index contributed by atoms with van der Waals surface area (Å²) in [7, 11) is 0. The second kappa shape index (κ2) is 4.86. The highest BCUT2D eigenvalue weighted by Crippen LogP contribution is 2.17. The first-order valence-electron chi connectivity index (χ1n) is 5.86. The van der Waals surface area contributed by atoms with Crippen molar-refractivity contribution >= 4 is 33.1 Å². The van der Waals surface area contributed by atoms with E-state index in [-0.39, 0.29) is 11.3 Å². The van der Waals surface area contributed by atoms with Crippen LogP contribution in [0.15, 0.2) is 34.4 Å². The van der Waals surface area contributed by atoms with Crippen LogP contribution in [0.5, 0.6) is 0 Å². The first-order valence-corrected chi connectivity index (χ1v) is 6.74. The first kappa shape index (κ1) is 12.5. The Kier molecular flexibility index (Phi) is 3.03. The third kappa shape index (κ3) is 2.19. The standard InChI is InChI=1S/C13H10N4O2S/c1-7-6-20-13(14-7)15-12(19)10-8-4-2-3-5-9(8)11(18)17-16-10/h2-6H,1H3,(H,17,18)(H,14,15,19). The van der Waals surface area contributed by atoms with Crippen LogP contribution in [0.4, 0.5) is 5.13 Å². The van der Waals surface area contributed by atoms with Crippen LogP contribution >= 0.6 is 11.3 Å². The van der Waals surface area contributed by atoms with Gasteiger partial charge in [0.2, 0.25) is 0 Å². The number of hydrogen-bond donors (Lipinski definition) is 2. The third-order valence-corrected chi connectivity index (χ3v) is 3.63. The quantitative estimate of drug-likeness (QED) is 0.753. The summed E-state index contributed by atoms with van der Waals surface area (Å²) in [6, 6.07) is 6.84. The molecule has 6 nitrogen and oxygen atoms in total. The molecular formula is C13H10N4O2S. The predicted molar refractivity (Wildman–Crippen MR) is 77.2 cm³/mol. The lowest BCUT2D eigenvalue weighted by Gasteiger charge is -2.04. The maximum Gasteiger partial charge on any atom is 0.278 e. The van der Waals surface area contributed by atoms with E-state index in [1.807, 2.05) is 12.3 Å². The van der Waals surface area contributed by atoms with E-state index in [4.69, 9.17) is 0 Å². The van der Waals surface area contributed by atoms with E-state index >= 15 is 0 Å². The average molecular weight is 286 g/mol. The van der Waals surface area contributed by atoms with Gasteiger partial charge in [-0.3, -0.25) is 14.9 Å². The summed E-state index contributed by atoms with van der Waals surface area (Å²) >= 11 is 1.34. The Bertz CT molecular complexity index is 853. The third-order valence-electron chi connectivity index (χ3n) is 2.75. The van der Waals surface area contributed by atoms with Gasteiger partial charge in [0.15, 0.2) is 10.8 Å². The molecule has 0 radical (unpaired) electrons. The van der Waals surface area contributed by atoms with Gasteiger partial charge in [0.25, 0.3) is 11.5 Å². The summed E-state index contributed by atoms with van der Waals surface area (Å²) in [5, 5.41) is 12.1. The lowest BCUT2D eigenvalue weighted by atomic mass is 10.1. The number of carbonyl (C=O) groups excluding carboxylic acids is 1. The van der Waals surface area contributed by atoms with Crippen molar-refractivity contribution in [2.45, 2.75) is 6.92 Å². The van der Waals surface area contributed by atoms with Crippen molar-refractivity contribution in [2.75, 3.05) is 5.32 Å². The van der Waals surface area contributed by atoms with Gasteiger partial charge >= 0.3 is 0 Å². The minimum atomic E-state index is -0.396. The molecule has 100 valence electrons. The maximum absolute atomic E-state index is 12.2. The number of aromatic nitrogens is 3. The Morgan fingerprint density at radius 3 is 2.75 bits per heavy atom. The number of thiazole rings is 1. The number of benzene rings is 1. The molecule has 3 aromatic rings. The van der Waals surface area contributed by atoms with E-state index in [2.05, 4.69) is 20.5 Å². The molecule has 0 aliphatic rings. The van der Waals surface area contributed by atoms with Gasteiger partial charge in [0.05, 0.1) is 11.1 Å². The normalized spacial score (nSPS) is 10.7. The van der Waals surface area contributed by atoms with Gasteiger partial charge in [0.1, 0.15) is 0 Å². The van der Waals surface area contributed by atoms with Gasteiger partial charge in [-0.05, 0) is 13.0 Å². The summed E-state index contributed by atoms with van der Waals surface area (Å²) in [6.45, 7) is 1.85. The zero-order chi connectivity index (χ0) is 14.1. The van der Waals surface area contributed by atoms with Gasteiger partial charge in [0, 0.05) is 10.8 Å². The number of H-pyrrole nitrogens is 1. The highest BCUT2D eigenvalue weighted by atomic mass is 32.1. The van der Waals surface area contributed by atoms with Crippen LogP contribution in [0.25, 0.3) is 10.8 Å². The van der Waals surface area contributed by atoms with Crippen molar-refractivity contribution in [2.24, 2.45) is 0 Å². The van der Waals surface area contributed by atoms with Gasteiger partial charge < -0.3 is 0 Å². The van der Waals surface area contributed by atoms with Crippen molar-refractivity contribution in [3.63, 3.8) is 0 Å². The average Bonchev–Trinajstić information content (AvgIpc) is 2.84. The molecule has 1 amide bonds. The Morgan fingerprint density at radius 2 is 2.05 bits per heavy atom. The number of nitrogens with one attached hydrogen (secondary N) is 2. The van der Waals surface area contributed by atoms with Gasteiger partial charge in [-0.25, -0.2) is 10.1 Å². The van der Waals surface area contributed by atoms with E-state index in [9.17, 15) is 9.59 Å². The maximum atomic E-state index is 12.2. The first-order chi connectivity index (χ1) is 9.65. The van der Waals surface area contributed by atoms with Gasteiger partial charge in [-0.15, -0.1) is 11.3 Å². The molecule has 0 unspecified atom stereocenters. The number of carbonyl (C=O) groups is 1. The highest BCUT2D eigenvalue weighted by molar-refractivity contribution is 7.13. The summed E-state index contributed by atoms with van der Waals surface area (Å²) in [5.41, 5.74) is 0.694. The Hall–Kier alpha value is -2.54. The predicted octanol–water partition coefficient (Wildman–Crippen LogP) is 1.94. The van der Waals surface area contributed by atoms with Crippen LogP contribution in [-0.2, 0) is 0 Å². The molecule has 2 aromatic heterocycles. The van der Waals surface area contributed by atoms with Crippen LogP contribution in [0, 0.1) is 6.92 Å². The molecule has 20 heavy (non-hydrogen) atoms. The van der Waals surface area contributed by atoms with E-state index in [0.29, 0.717) is 15.9 Å². The van der Waals surface area contributed by atoms with E-state index in [1.165, 1.54) is 11.3 Å². The minimum absolute atomic E-state index is 0.174. The zero-order valence-corrected chi connectivity index (χ0v) is 11.3. The van der Waals surface area contributed by atoms with E-state index in [1.54, 1.807) is 24.3 Å². The number of aryl methyl sites for hydroxylation is 1. The second-order valence-electron chi connectivity index (χ2n) is 4.20. The van der Waals surface area contributed by atoms with Crippen LogP contribution in [0.2, 0.25) is 0 Å². The molecule has 1 aromatic carbocycles. The molecule has 0 aliphatic carbocycles. The van der Waals surface area contributed by atoms with Crippen LogP contribution < -0.4 is 10.9 Å². The summed E-state index contributed by atoms with van der Waals surface area (Å²) in [6.07, 6.45) is 0. The summed E-state index contributed by atoms with van der Waals surface area (Å²) in [5.74, 6) is -0.396.